The molecule has 10 nitrogen and oxygen atoms in total. The van der Waals surface area contributed by atoms with Crippen LogP contribution in [0.5, 0.6) is 23.0 Å². The number of piperidine rings is 1. The third-order valence-electron chi connectivity index (χ3n) is 34.7. The average molecular weight is 1490 g/mol. The molecule has 3 aliphatic heterocycles. The maximum Gasteiger partial charge on any atom is 0.160 e. The van der Waals surface area contributed by atoms with Crippen LogP contribution in [0.3, 0.4) is 0 Å². The number of hydrogen-bond acceptors (Lipinski definition) is 14. The van der Waals surface area contributed by atoms with Gasteiger partial charge in [-0.2, -0.15) is 0 Å². The van der Waals surface area contributed by atoms with E-state index in [1.165, 1.54) is 53.5 Å². The van der Waals surface area contributed by atoms with Gasteiger partial charge in [-0.3, -0.25) is 4.79 Å². The van der Waals surface area contributed by atoms with E-state index in [-0.39, 0.29) is 104 Å². The van der Waals surface area contributed by atoms with Crippen LogP contribution in [0.1, 0.15) is 176 Å². The number of rotatable bonds is 5. The van der Waals surface area contributed by atoms with Crippen LogP contribution in [0.4, 0.5) is 0 Å². The third kappa shape index (κ3) is 7.50. The first kappa shape index (κ1) is 65.2. The SMILES string of the molecule is COc1cc([C@H]2CC(=O)[C@H]3[C@H](O)[C@@H]4[C@H](C#C[C@@H]2Cc2ccccc2)[C@H]2CC#C[C@]56C=C[C@@H]3c3cc7c8c(c35)[C@@]35[C@H](CSS[C@@H]9C(=C[C@H]%10[C@H]%11C9=C9C=C(C7)[C@H](O)C[C@@H]9C7=C[C@H]9CCC[C@@]9%12C[C@]7%11[C@H]7C[C@@H]%12c9cc(O)c(O)cc9[C@]47[C@H]%10N2)CSSC[C@@H]([C@@H]3C=C8)C2(CCCC2)C52CCCC2)[C@H]6O)c(CO)cc1O. The zero-order chi connectivity index (χ0) is 70.8. The zero-order valence-electron chi connectivity index (χ0n) is 60.1. The van der Waals surface area contributed by atoms with E-state index in [1.54, 1.807) is 18.7 Å². The topological polar surface area (TPSA) is 180 Å². The van der Waals surface area contributed by atoms with Gasteiger partial charge < -0.3 is 45.8 Å². The minimum Gasteiger partial charge on any atom is -0.504 e. The number of methoxy groups -OCH3 is 1. The van der Waals surface area contributed by atoms with Crippen molar-refractivity contribution >= 4 is 55.0 Å². The highest BCUT2D eigenvalue weighted by Gasteiger charge is 2.84. The Bertz CT molecular complexity index is 4980. The molecule has 19 bridgehead atoms. The molecule has 0 unspecified atom stereocenters. The van der Waals surface area contributed by atoms with Gasteiger partial charge in [0, 0.05) is 106 Å². The van der Waals surface area contributed by atoms with Crippen molar-refractivity contribution < 1.29 is 45.3 Å². The summed E-state index contributed by atoms with van der Waals surface area (Å²) in [5, 5.41) is 98.9. The molecule has 8 fully saturated rings. The number of carbonyl (C=O) groups is 1. The van der Waals surface area contributed by atoms with Crippen LogP contribution in [-0.2, 0) is 40.5 Å². The molecule has 14 heteroatoms. The maximum atomic E-state index is 18.4. The lowest BCUT2D eigenvalue weighted by molar-refractivity contribution is -0.200. The van der Waals surface area contributed by atoms with E-state index in [0.717, 1.165) is 114 Å². The molecular weight excluding hydrogens is 1390 g/mol. The lowest BCUT2D eigenvalue weighted by Crippen LogP contribution is -2.81. The van der Waals surface area contributed by atoms with Crippen molar-refractivity contribution in [2.75, 3.05) is 24.4 Å². The number of hydrogen-bond donors (Lipinski definition) is 8. The fourth-order valence-electron chi connectivity index (χ4n) is 32.0. The Morgan fingerprint density at radius 3 is 2.48 bits per heavy atom. The summed E-state index contributed by atoms with van der Waals surface area (Å²) in [5.74, 6) is 14.7. The number of Topliss-reactive ketones (excluding diaryl/α,β-unsaturated/α-hetero) is 1. The number of benzene rings is 4. The molecule has 8 N–H and O–H groups in total. The highest BCUT2D eigenvalue weighted by molar-refractivity contribution is 8.77. The Morgan fingerprint density at radius 1 is 0.811 bits per heavy atom. The molecule has 2 saturated heterocycles. The first-order valence-corrected chi connectivity index (χ1v) is 45.5. The Morgan fingerprint density at radius 2 is 1.64 bits per heavy atom. The number of ether oxygens (including phenoxy) is 1. The van der Waals surface area contributed by atoms with Crippen LogP contribution in [-0.4, -0.2) is 102 Å². The average Bonchev–Trinajstić information content (AvgIpc) is 1.24. The van der Waals surface area contributed by atoms with E-state index in [0.29, 0.717) is 42.7 Å². The van der Waals surface area contributed by atoms with E-state index in [4.69, 9.17) is 10.1 Å². The number of fused-ring (bicyclic) bond motifs is 10. The molecule has 17 aliphatic carbocycles. The predicted molar refractivity (Wildman–Crippen MR) is 417 cm³/mol. The fraction of sp³-hybridized carbons (Fsp3) is 0.554. The van der Waals surface area contributed by atoms with Crippen LogP contribution in [0.15, 0.2) is 125 Å². The lowest BCUT2D eigenvalue weighted by Gasteiger charge is -2.79. The minimum absolute atomic E-state index is 0.00251. The van der Waals surface area contributed by atoms with E-state index >= 15 is 15.0 Å². The second kappa shape index (κ2) is 22.2. The monoisotopic (exact) mass is 1480 g/mol. The van der Waals surface area contributed by atoms with Gasteiger partial charge in [0.25, 0.3) is 0 Å². The summed E-state index contributed by atoms with van der Waals surface area (Å²) in [5.41, 5.74) is 13.4. The number of phenolic OH excluding ortho intramolecular Hbond substituents is 3. The van der Waals surface area contributed by atoms with Crippen molar-refractivity contribution in [3.63, 3.8) is 0 Å². The van der Waals surface area contributed by atoms with Crippen molar-refractivity contribution in [1.29, 1.82) is 0 Å². The number of aromatic hydroxyl groups is 3. The molecule has 26 atom stereocenters. The van der Waals surface area contributed by atoms with E-state index in [2.05, 4.69) is 140 Å². The normalized spacial score (nSPS) is 45.0. The van der Waals surface area contributed by atoms with Crippen LogP contribution in [0.25, 0.3) is 6.08 Å². The van der Waals surface area contributed by atoms with E-state index < -0.39 is 94.2 Å². The molecular formula is C92H93NO9S4. The quantitative estimate of drug-likeness (QED) is 0.0409. The van der Waals surface area contributed by atoms with Gasteiger partial charge >= 0.3 is 0 Å². The van der Waals surface area contributed by atoms with Crippen molar-refractivity contribution in [2.24, 2.45) is 92.7 Å². The van der Waals surface area contributed by atoms with Crippen molar-refractivity contribution in [3.05, 3.63) is 181 Å². The fourth-order valence-corrected chi connectivity index (χ4v) is 37.9. The van der Waals surface area contributed by atoms with Gasteiger partial charge in [0.05, 0.1) is 43.2 Å². The Balaban J connectivity index is 0.902. The molecule has 106 heavy (non-hydrogen) atoms. The summed E-state index contributed by atoms with van der Waals surface area (Å²) in [6, 6.07) is 19.4. The molecule has 4 aromatic carbocycles. The smallest absolute Gasteiger partial charge is 0.160 e. The summed E-state index contributed by atoms with van der Waals surface area (Å²) in [7, 11) is 9.96. The van der Waals surface area contributed by atoms with Crippen molar-refractivity contribution in [1.82, 2.24) is 5.32 Å². The standard InChI is InChI=1S/C92H93NO9S4/c1-102-74-37-56(49(40-94)32-72(74)98)55-34-73(99)76-53-19-26-86-20-10-14-68-54(16-15-46(55)27-45-11-3-2-4-12-45)81(82(76)100)91-65-38-71(97)70(96)36-60(65)63-39-75(91)90-44-87(63)21-9-13-51(87)33-64(90)57-35-69(95)48-28-47-29-59(53)79(86)80-52(47)17-18-62-66-42-104-103-41-50-31-61(84(91)93-68)78(90)77(58(57)30-48)83(50)106-105-43-67(85(86)101)92(62,80)89(24-7-8-25-89)88(66)22-5-6-23-88/h2-4,11-12,17-19,26,29-33,36-38,46,51,53-55,57,61-63,66-69,75-76,78,81-85,93-98,100-101H,5-9,13-14,21-25,27-28,34-35,39-44H2,1H3/t46-,51-,53-,54-,55+,57+,61+,62+,63-,66+,67-,68-,69-,75-,76+,78+,81+,82+,83-,84+,85-,86+,87-,90-,91-,92+/m1/s1. The summed E-state index contributed by atoms with van der Waals surface area (Å²) in [4.78, 5) is 18.4. The number of nitrogens with one attached hydrogen (secondary N) is 1. The number of phenols is 3. The number of aliphatic hydroxyl groups excluding tert-OH is 4. The summed E-state index contributed by atoms with van der Waals surface area (Å²) in [6.07, 6.45) is 31.1. The maximum absolute atomic E-state index is 18.4. The van der Waals surface area contributed by atoms with Gasteiger partial charge in [-0.1, -0.05) is 178 Å². The Labute approximate surface area is 637 Å². The van der Waals surface area contributed by atoms with Crippen LogP contribution in [0.2, 0.25) is 0 Å². The third-order valence-corrected chi connectivity index (χ3v) is 39.8. The summed E-state index contributed by atoms with van der Waals surface area (Å²) >= 11 is 0. The number of carbonyl (C=O) groups excluding carboxylic acids is 1. The van der Waals surface area contributed by atoms with E-state index in [9.17, 15) is 25.5 Å². The molecule has 20 aliphatic rings. The number of aliphatic hydroxyl groups is 4. The lowest BCUT2D eigenvalue weighted by atomic mass is 9.25. The summed E-state index contributed by atoms with van der Waals surface area (Å²) < 4.78 is 5.99. The molecule has 0 radical (unpaired) electrons. The second-order valence-corrected chi connectivity index (χ2v) is 42.2. The number of ketones is 1. The molecule has 0 aromatic heterocycles. The zero-order valence-corrected chi connectivity index (χ0v) is 63.3. The molecule has 0 amide bonds. The first-order chi connectivity index (χ1) is 51.7. The minimum atomic E-state index is -1.37. The molecule has 3 heterocycles. The van der Waals surface area contributed by atoms with Gasteiger partial charge in [0.2, 0.25) is 0 Å². The molecule has 4 aromatic rings. The molecule has 6 saturated carbocycles. The molecule has 24 rings (SSSR count). The molecule has 7 spiro atoms. The number of allylic oxidation sites excluding steroid dienone is 6. The van der Waals surface area contributed by atoms with Crippen LogP contribution in [0, 0.1) is 116 Å². The molecule has 544 valence electrons. The van der Waals surface area contributed by atoms with E-state index in [1.807, 2.05) is 24.3 Å². The first-order valence-electron chi connectivity index (χ1n) is 40.6. The predicted octanol–water partition coefficient (Wildman–Crippen LogP) is 15.1. The highest BCUT2D eigenvalue weighted by atomic mass is 33.1. The van der Waals surface area contributed by atoms with Crippen molar-refractivity contribution in [3.8, 4) is 46.7 Å². The second-order valence-electron chi connectivity index (χ2n) is 37.2. The summed E-state index contributed by atoms with van der Waals surface area (Å²) in [6.45, 7) is -0.407. The van der Waals surface area contributed by atoms with Gasteiger partial charge in [-0.15, -0.1) is 5.92 Å². The highest BCUT2D eigenvalue weighted by Crippen LogP contribution is 2.88. The largest absolute Gasteiger partial charge is 0.504 e. The van der Waals surface area contributed by atoms with Crippen LogP contribution < -0.4 is 10.1 Å². The van der Waals surface area contributed by atoms with Gasteiger partial charge in [0.15, 0.2) is 23.0 Å². The van der Waals surface area contributed by atoms with Crippen LogP contribution >= 0.6 is 43.2 Å². The van der Waals surface area contributed by atoms with Crippen molar-refractivity contribution in [2.45, 2.75) is 192 Å². The van der Waals surface area contributed by atoms with Gasteiger partial charge in [-0.05, 0) is 225 Å². The van der Waals surface area contributed by atoms with Gasteiger partial charge in [-0.25, -0.2) is 0 Å². The Hall–Kier alpha value is -5.49. The Kier molecular flexibility index (Phi) is 13.7. The van der Waals surface area contributed by atoms with Gasteiger partial charge in [0.1, 0.15) is 11.2 Å².